The van der Waals surface area contributed by atoms with Crippen LogP contribution >= 0.6 is 0 Å². The maximum Gasteiger partial charge on any atom is 0.0721 e. The lowest BCUT2D eigenvalue weighted by Gasteiger charge is -2.45. The summed E-state index contributed by atoms with van der Waals surface area (Å²) in [5.41, 5.74) is 12.4. The van der Waals surface area contributed by atoms with E-state index in [-0.39, 0.29) is 6.04 Å². The molecule has 1 aliphatic heterocycles. The Labute approximate surface area is 396 Å². The smallest absolute Gasteiger partial charge is 0.0721 e. The molecule has 2 aliphatic rings. The van der Waals surface area contributed by atoms with Gasteiger partial charge >= 0.3 is 0 Å². The van der Waals surface area contributed by atoms with E-state index in [2.05, 4.69) is 280 Å². The minimum absolute atomic E-state index is 0.0173. The summed E-state index contributed by atoms with van der Waals surface area (Å²) in [7, 11) is 0. The Kier molecular flexibility index (Phi) is 9.61. The maximum absolute atomic E-state index is 2.54. The number of fused-ring (bicyclic) bond motifs is 5. The predicted octanol–water partition coefficient (Wildman–Crippen LogP) is 17.4. The standard InChI is InChI=1S/C64H46N4/c1-3-23-53(24-4-1)67-61-37-35-59(65(55-31-27-45-15-7-11-19-49(45)39-55)56-32-28-46-16-8-12-20-50(46)40-56)43-63(61)68(54-25-5-2-6-26-54)64-44-60(36-38-62(64)67)66(57-33-29-47-17-9-13-21-51(47)41-57)58-34-30-48-18-10-14-22-52(48)42-58/h1-43,60H,44H2. The Bertz CT molecular complexity index is 3600. The first-order chi connectivity index (χ1) is 33.7. The molecule has 0 saturated heterocycles. The Hall–Kier alpha value is -8.86. The third kappa shape index (κ3) is 6.94. The van der Waals surface area contributed by atoms with Crippen LogP contribution in [-0.2, 0) is 0 Å². The molecule has 4 heteroatoms. The van der Waals surface area contributed by atoms with Crippen LogP contribution < -0.4 is 19.6 Å². The molecule has 0 radical (unpaired) electrons. The molecule has 322 valence electrons. The molecule has 4 nitrogen and oxygen atoms in total. The number of hydrogen-bond donors (Lipinski definition) is 0. The molecule has 13 rings (SSSR count). The molecule has 0 bridgehead atoms. The van der Waals surface area contributed by atoms with Gasteiger partial charge in [0, 0.05) is 51.9 Å². The van der Waals surface area contributed by atoms with Gasteiger partial charge in [-0.05, 0) is 140 Å². The van der Waals surface area contributed by atoms with E-state index in [1.54, 1.807) is 0 Å². The number of rotatable bonds is 8. The molecule has 11 aromatic carbocycles. The fourth-order valence-electron chi connectivity index (χ4n) is 10.5. The largest absolute Gasteiger partial charge is 0.334 e. The normalized spacial score (nSPS) is 14.4. The summed E-state index contributed by atoms with van der Waals surface area (Å²) in [4.78, 5) is 9.96. The highest BCUT2D eigenvalue weighted by atomic mass is 15.3. The number of nitrogens with zero attached hydrogens (tertiary/aromatic N) is 4. The lowest BCUT2D eigenvalue weighted by molar-refractivity contribution is 0.729. The van der Waals surface area contributed by atoms with Crippen LogP contribution in [0.5, 0.6) is 0 Å². The summed E-state index contributed by atoms with van der Waals surface area (Å²) in [6.45, 7) is 0. The molecule has 0 aromatic heterocycles. The van der Waals surface area contributed by atoms with Gasteiger partial charge in [-0.15, -0.1) is 0 Å². The highest BCUT2D eigenvalue weighted by Crippen LogP contribution is 2.53. The van der Waals surface area contributed by atoms with Crippen LogP contribution in [0.1, 0.15) is 6.42 Å². The van der Waals surface area contributed by atoms with E-state index in [9.17, 15) is 0 Å². The van der Waals surface area contributed by atoms with Crippen LogP contribution in [0.4, 0.5) is 51.2 Å². The lowest BCUT2D eigenvalue weighted by atomic mass is 9.93. The zero-order valence-electron chi connectivity index (χ0n) is 37.4. The summed E-state index contributed by atoms with van der Waals surface area (Å²) >= 11 is 0. The average molecular weight is 871 g/mol. The van der Waals surface area contributed by atoms with Gasteiger partial charge < -0.3 is 19.6 Å². The maximum atomic E-state index is 2.54. The summed E-state index contributed by atoms with van der Waals surface area (Å²) in [5.74, 6) is 0. The molecular formula is C64H46N4. The molecule has 0 spiro atoms. The third-order valence-corrected chi connectivity index (χ3v) is 13.7. The molecular weight excluding hydrogens is 825 g/mol. The summed E-state index contributed by atoms with van der Waals surface area (Å²) in [5, 5.41) is 9.74. The van der Waals surface area contributed by atoms with Crippen LogP contribution in [0.3, 0.4) is 0 Å². The fraction of sp³-hybridized carbons (Fsp3) is 0.0312. The first kappa shape index (κ1) is 39.5. The first-order valence-electron chi connectivity index (χ1n) is 23.5. The number of allylic oxidation sites excluding steroid dienone is 1. The summed E-state index contributed by atoms with van der Waals surface area (Å²) in [6.07, 6.45) is 5.53. The van der Waals surface area contributed by atoms with E-state index in [0.717, 1.165) is 63.3 Å². The van der Waals surface area contributed by atoms with Gasteiger partial charge in [0.2, 0.25) is 0 Å². The van der Waals surface area contributed by atoms with E-state index in [1.165, 1.54) is 48.8 Å². The van der Waals surface area contributed by atoms with Crippen molar-refractivity contribution in [3.05, 3.63) is 272 Å². The van der Waals surface area contributed by atoms with Crippen LogP contribution in [0, 0.1) is 0 Å². The van der Waals surface area contributed by atoms with Gasteiger partial charge in [0.05, 0.1) is 23.1 Å². The minimum Gasteiger partial charge on any atom is -0.334 e. The summed E-state index contributed by atoms with van der Waals surface area (Å²) in [6, 6.07) is 90.8. The third-order valence-electron chi connectivity index (χ3n) is 13.7. The van der Waals surface area contributed by atoms with Crippen LogP contribution in [-0.4, -0.2) is 6.04 Å². The highest BCUT2D eigenvalue weighted by molar-refractivity contribution is 5.97. The molecule has 0 fully saturated rings. The molecule has 11 aromatic rings. The van der Waals surface area contributed by atoms with E-state index < -0.39 is 0 Å². The van der Waals surface area contributed by atoms with Crippen molar-refractivity contribution in [3.8, 4) is 0 Å². The van der Waals surface area contributed by atoms with Gasteiger partial charge in [0.1, 0.15) is 0 Å². The molecule has 1 aliphatic carbocycles. The van der Waals surface area contributed by atoms with Crippen LogP contribution in [0.15, 0.2) is 272 Å². The topological polar surface area (TPSA) is 13.0 Å². The number of para-hydroxylation sites is 2. The van der Waals surface area contributed by atoms with Gasteiger partial charge in [-0.3, -0.25) is 0 Å². The molecule has 68 heavy (non-hydrogen) atoms. The highest BCUT2D eigenvalue weighted by Gasteiger charge is 2.37. The van der Waals surface area contributed by atoms with Crippen molar-refractivity contribution in [2.24, 2.45) is 0 Å². The first-order valence-corrected chi connectivity index (χ1v) is 23.5. The Morgan fingerprint density at radius 2 is 0.706 bits per heavy atom. The SMILES string of the molecule is C1=CC(N(c2ccc3ccccc3c2)c2ccc3ccccc3c2)CC2=C1N(c1ccccc1)c1ccc(N(c3ccc4ccccc4c3)c3ccc4ccccc4c3)cc1N2c1ccccc1. The quantitative estimate of drug-likeness (QED) is 0.151. The predicted molar refractivity (Wildman–Crippen MR) is 288 cm³/mol. The molecule has 0 N–H and O–H groups in total. The zero-order valence-corrected chi connectivity index (χ0v) is 37.4. The van der Waals surface area contributed by atoms with E-state index in [0.29, 0.717) is 0 Å². The van der Waals surface area contributed by atoms with Gasteiger partial charge in [-0.2, -0.15) is 0 Å². The van der Waals surface area contributed by atoms with Crippen LogP contribution in [0.25, 0.3) is 43.1 Å². The zero-order chi connectivity index (χ0) is 45.0. The number of hydrogen-bond acceptors (Lipinski definition) is 4. The van der Waals surface area contributed by atoms with Crippen molar-refractivity contribution < 1.29 is 0 Å². The molecule has 1 heterocycles. The monoisotopic (exact) mass is 870 g/mol. The molecule has 1 unspecified atom stereocenters. The Balaban J connectivity index is 1.01. The van der Waals surface area contributed by atoms with Crippen molar-refractivity contribution in [1.29, 1.82) is 0 Å². The fourth-order valence-corrected chi connectivity index (χ4v) is 10.5. The van der Waals surface area contributed by atoms with Gasteiger partial charge in [-0.1, -0.05) is 164 Å². The van der Waals surface area contributed by atoms with E-state index >= 15 is 0 Å². The molecule has 1 atom stereocenters. The number of benzene rings is 11. The van der Waals surface area contributed by atoms with Gasteiger partial charge in [0.15, 0.2) is 0 Å². The summed E-state index contributed by atoms with van der Waals surface area (Å²) < 4.78 is 0. The van der Waals surface area contributed by atoms with Crippen LogP contribution in [0.2, 0.25) is 0 Å². The van der Waals surface area contributed by atoms with Crippen molar-refractivity contribution >= 4 is 94.3 Å². The Morgan fingerprint density at radius 3 is 1.19 bits per heavy atom. The van der Waals surface area contributed by atoms with Crippen molar-refractivity contribution in [3.63, 3.8) is 0 Å². The second-order valence-corrected chi connectivity index (χ2v) is 17.8. The van der Waals surface area contributed by atoms with Gasteiger partial charge in [0.25, 0.3) is 0 Å². The average Bonchev–Trinajstić information content (AvgIpc) is 3.40. The van der Waals surface area contributed by atoms with Crippen molar-refractivity contribution in [2.75, 3.05) is 19.6 Å². The molecule has 0 amide bonds. The second kappa shape index (κ2) is 16.5. The minimum atomic E-state index is -0.0173. The van der Waals surface area contributed by atoms with Gasteiger partial charge in [-0.25, -0.2) is 0 Å². The number of anilines is 9. The van der Waals surface area contributed by atoms with E-state index in [4.69, 9.17) is 0 Å². The Morgan fingerprint density at radius 1 is 0.324 bits per heavy atom. The lowest BCUT2D eigenvalue weighted by Crippen LogP contribution is -2.39. The second-order valence-electron chi connectivity index (χ2n) is 17.8. The van der Waals surface area contributed by atoms with E-state index in [1.807, 2.05) is 0 Å². The van der Waals surface area contributed by atoms with Crippen molar-refractivity contribution in [2.45, 2.75) is 12.5 Å². The molecule has 0 saturated carbocycles. The van der Waals surface area contributed by atoms with Crippen molar-refractivity contribution in [1.82, 2.24) is 0 Å².